The van der Waals surface area contributed by atoms with E-state index >= 15 is 0 Å². The number of carbonyl (C=O) groups excluding carboxylic acids is 1. The highest BCUT2D eigenvalue weighted by Crippen LogP contribution is 2.32. The molecule has 3 unspecified atom stereocenters. The van der Waals surface area contributed by atoms with Crippen LogP contribution in [0.4, 0.5) is 0 Å². The SMILES string of the molecule is CCc1ccc(C2CC(C(=O)NC(C)c3ccccc3)CN(Cc3ccccc3)C2)cc1. The summed E-state index contributed by atoms with van der Waals surface area (Å²) in [4.78, 5) is 15.8. The van der Waals surface area contributed by atoms with Gasteiger partial charge in [-0.3, -0.25) is 9.69 Å². The van der Waals surface area contributed by atoms with Crippen LogP contribution < -0.4 is 5.32 Å². The minimum atomic E-state index is -0.0190. The van der Waals surface area contributed by atoms with Crippen molar-refractivity contribution in [1.82, 2.24) is 10.2 Å². The average molecular weight is 427 g/mol. The van der Waals surface area contributed by atoms with Crippen molar-refractivity contribution < 1.29 is 4.79 Å². The van der Waals surface area contributed by atoms with Gasteiger partial charge in [-0.05, 0) is 47.9 Å². The fourth-order valence-corrected chi connectivity index (χ4v) is 4.77. The van der Waals surface area contributed by atoms with Gasteiger partial charge in [0.05, 0.1) is 12.0 Å². The summed E-state index contributed by atoms with van der Waals surface area (Å²) in [7, 11) is 0. The van der Waals surface area contributed by atoms with E-state index in [1.807, 2.05) is 18.2 Å². The molecular weight excluding hydrogens is 392 g/mol. The van der Waals surface area contributed by atoms with Gasteiger partial charge < -0.3 is 5.32 Å². The van der Waals surface area contributed by atoms with E-state index in [0.29, 0.717) is 5.92 Å². The number of hydrogen-bond acceptors (Lipinski definition) is 2. The average Bonchev–Trinajstić information content (AvgIpc) is 2.85. The van der Waals surface area contributed by atoms with E-state index in [9.17, 15) is 4.79 Å². The molecule has 1 aliphatic heterocycles. The number of carbonyl (C=O) groups is 1. The standard InChI is InChI=1S/C29H34N2O/c1-3-23-14-16-26(17-15-23)27-18-28(21-31(20-27)19-24-10-6-4-7-11-24)29(32)30-22(2)25-12-8-5-9-13-25/h4-17,22,27-28H,3,18-21H2,1-2H3,(H,30,32). The topological polar surface area (TPSA) is 32.3 Å². The minimum Gasteiger partial charge on any atom is -0.349 e. The fraction of sp³-hybridized carbons (Fsp3) is 0.345. The van der Waals surface area contributed by atoms with Crippen LogP contribution in [0.1, 0.15) is 54.5 Å². The Bertz CT molecular complexity index is 985. The quantitative estimate of drug-likeness (QED) is 0.523. The summed E-state index contributed by atoms with van der Waals surface area (Å²) < 4.78 is 0. The first-order valence-electron chi connectivity index (χ1n) is 11.8. The summed E-state index contributed by atoms with van der Waals surface area (Å²) in [5.74, 6) is 0.505. The number of aryl methyl sites for hydroxylation is 1. The Morgan fingerprint density at radius 1 is 0.906 bits per heavy atom. The van der Waals surface area contributed by atoms with Gasteiger partial charge in [0.15, 0.2) is 0 Å². The highest BCUT2D eigenvalue weighted by Gasteiger charge is 2.33. The van der Waals surface area contributed by atoms with E-state index in [1.165, 1.54) is 16.7 Å². The van der Waals surface area contributed by atoms with Crippen molar-refractivity contribution in [3.8, 4) is 0 Å². The summed E-state index contributed by atoms with van der Waals surface area (Å²) in [5, 5.41) is 3.27. The van der Waals surface area contributed by atoms with Gasteiger partial charge in [-0.25, -0.2) is 0 Å². The van der Waals surface area contributed by atoms with Crippen LogP contribution in [0.5, 0.6) is 0 Å². The molecule has 1 saturated heterocycles. The van der Waals surface area contributed by atoms with Crippen LogP contribution in [0.3, 0.4) is 0 Å². The van der Waals surface area contributed by atoms with Crippen LogP contribution >= 0.6 is 0 Å². The van der Waals surface area contributed by atoms with Gasteiger partial charge in [-0.2, -0.15) is 0 Å². The predicted molar refractivity (Wildman–Crippen MR) is 131 cm³/mol. The second kappa shape index (κ2) is 10.6. The van der Waals surface area contributed by atoms with E-state index in [4.69, 9.17) is 0 Å². The lowest BCUT2D eigenvalue weighted by Crippen LogP contribution is -2.45. The number of nitrogens with zero attached hydrogens (tertiary/aromatic N) is 1. The van der Waals surface area contributed by atoms with E-state index in [1.54, 1.807) is 0 Å². The van der Waals surface area contributed by atoms with Gasteiger partial charge in [0.2, 0.25) is 5.91 Å². The summed E-state index contributed by atoms with van der Waals surface area (Å²) in [5.41, 5.74) is 5.14. The number of piperidine rings is 1. The lowest BCUT2D eigenvalue weighted by Gasteiger charge is -2.38. The predicted octanol–water partition coefficient (Wildman–Crippen LogP) is 5.73. The van der Waals surface area contributed by atoms with Crippen molar-refractivity contribution in [3.05, 3.63) is 107 Å². The maximum Gasteiger partial charge on any atom is 0.224 e. The number of rotatable bonds is 7. The van der Waals surface area contributed by atoms with Crippen molar-refractivity contribution in [1.29, 1.82) is 0 Å². The number of likely N-dealkylation sites (tertiary alicyclic amines) is 1. The van der Waals surface area contributed by atoms with Crippen LogP contribution in [0.2, 0.25) is 0 Å². The second-order valence-electron chi connectivity index (χ2n) is 9.05. The third-order valence-electron chi connectivity index (χ3n) is 6.66. The first kappa shape index (κ1) is 22.3. The Balaban J connectivity index is 1.50. The molecule has 0 aliphatic carbocycles. The fourth-order valence-electron chi connectivity index (χ4n) is 4.77. The largest absolute Gasteiger partial charge is 0.349 e. The molecule has 0 radical (unpaired) electrons. The van der Waals surface area contributed by atoms with Crippen LogP contribution in [0.25, 0.3) is 0 Å². The van der Waals surface area contributed by atoms with Gasteiger partial charge in [-0.15, -0.1) is 0 Å². The molecule has 1 amide bonds. The molecule has 3 nitrogen and oxygen atoms in total. The molecule has 0 bridgehead atoms. The first-order valence-corrected chi connectivity index (χ1v) is 11.8. The molecule has 32 heavy (non-hydrogen) atoms. The molecule has 0 spiro atoms. The Morgan fingerprint density at radius 2 is 1.56 bits per heavy atom. The zero-order valence-corrected chi connectivity index (χ0v) is 19.2. The van der Waals surface area contributed by atoms with Gasteiger partial charge >= 0.3 is 0 Å². The second-order valence-corrected chi connectivity index (χ2v) is 9.05. The third kappa shape index (κ3) is 5.66. The molecule has 0 aromatic heterocycles. The van der Waals surface area contributed by atoms with Gasteiger partial charge in [0.1, 0.15) is 0 Å². The molecule has 1 N–H and O–H groups in total. The van der Waals surface area contributed by atoms with E-state index in [2.05, 4.69) is 90.8 Å². The Hall–Kier alpha value is -2.91. The molecule has 3 aromatic carbocycles. The van der Waals surface area contributed by atoms with Crippen molar-refractivity contribution >= 4 is 5.91 Å². The smallest absolute Gasteiger partial charge is 0.224 e. The highest BCUT2D eigenvalue weighted by molar-refractivity contribution is 5.79. The van der Waals surface area contributed by atoms with Gasteiger partial charge in [0.25, 0.3) is 0 Å². The van der Waals surface area contributed by atoms with E-state index in [0.717, 1.165) is 38.0 Å². The van der Waals surface area contributed by atoms with E-state index in [-0.39, 0.29) is 17.9 Å². The zero-order chi connectivity index (χ0) is 22.3. The van der Waals surface area contributed by atoms with E-state index < -0.39 is 0 Å². The molecule has 166 valence electrons. The monoisotopic (exact) mass is 426 g/mol. The molecule has 3 heteroatoms. The normalized spacial score (nSPS) is 19.9. The van der Waals surface area contributed by atoms with Crippen molar-refractivity contribution in [2.24, 2.45) is 5.92 Å². The maximum absolute atomic E-state index is 13.3. The van der Waals surface area contributed by atoms with Crippen LogP contribution in [-0.2, 0) is 17.8 Å². The highest BCUT2D eigenvalue weighted by atomic mass is 16.2. The van der Waals surface area contributed by atoms with Crippen molar-refractivity contribution in [2.75, 3.05) is 13.1 Å². The number of benzene rings is 3. The molecular formula is C29H34N2O. The number of amides is 1. The summed E-state index contributed by atoms with van der Waals surface area (Å²) in [6.07, 6.45) is 1.94. The van der Waals surface area contributed by atoms with Gasteiger partial charge in [0, 0.05) is 19.6 Å². The molecule has 3 aromatic rings. The molecule has 1 fully saturated rings. The van der Waals surface area contributed by atoms with Crippen LogP contribution in [0, 0.1) is 5.92 Å². The van der Waals surface area contributed by atoms with Crippen molar-refractivity contribution in [2.45, 2.75) is 45.2 Å². The lowest BCUT2D eigenvalue weighted by atomic mass is 9.83. The summed E-state index contributed by atoms with van der Waals surface area (Å²) in [6.45, 7) is 6.91. The maximum atomic E-state index is 13.3. The van der Waals surface area contributed by atoms with Crippen LogP contribution in [-0.4, -0.2) is 23.9 Å². The molecule has 1 aliphatic rings. The molecule has 1 heterocycles. The van der Waals surface area contributed by atoms with Crippen molar-refractivity contribution in [3.63, 3.8) is 0 Å². The Labute approximate surface area is 192 Å². The summed E-state index contributed by atoms with van der Waals surface area (Å²) >= 11 is 0. The Kier molecular flexibility index (Phi) is 7.39. The summed E-state index contributed by atoms with van der Waals surface area (Å²) in [6, 6.07) is 29.8. The zero-order valence-electron chi connectivity index (χ0n) is 19.2. The minimum absolute atomic E-state index is 0.00971. The number of hydrogen-bond donors (Lipinski definition) is 1. The molecule has 4 rings (SSSR count). The lowest BCUT2D eigenvalue weighted by molar-refractivity contribution is -0.127. The first-order chi connectivity index (χ1) is 15.6. The third-order valence-corrected chi connectivity index (χ3v) is 6.66. The Morgan fingerprint density at radius 3 is 2.22 bits per heavy atom. The molecule has 0 saturated carbocycles. The molecule has 3 atom stereocenters. The van der Waals surface area contributed by atoms with Gasteiger partial charge in [-0.1, -0.05) is 91.9 Å². The van der Waals surface area contributed by atoms with Crippen LogP contribution in [0.15, 0.2) is 84.9 Å². The number of nitrogens with one attached hydrogen (secondary N) is 1.